The minimum atomic E-state index is -1.14. The minimum Gasteiger partial charge on any atom is -0.477 e. The van der Waals surface area contributed by atoms with E-state index in [4.69, 9.17) is 9.84 Å². The van der Waals surface area contributed by atoms with Crippen LogP contribution in [0.4, 0.5) is 4.39 Å². The lowest BCUT2D eigenvalue weighted by atomic mass is 10.1. The first-order valence-corrected chi connectivity index (χ1v) is 6.00. The van der Waals surface area contributed by atoms with Crippen LogP contribution in [0, 0.1) is 12.7 Å². The summed E-state index contributed by atoms with van der Waals surface area (Å²) < 4.78 is 19.3. The Morgan fingerprint density at radius 2 is 2.21 bits per heavy atom. The third-order valence-corrected chi connectivity index (χ3v) is 2.76. The Balaban J connectivity index is 2.66. The largest absolute Gasteiger partial charge is 0.477 e. The molecule has 0 atom stereocenters. The first kappa shape index (κ1) is 13.3. The van der Waals surface area contributed by atoms with Crippen molar-refractivity contribution in [1.29, 1.82) is 0 Å². The molecule has 2 rings (SSSR count). The molecule has 0 amide bonds. The van der Waals surface area contributed by atoms with Crippen LogP contribution in [0.3, 0.4) is 0 Å². The van der Waals surface area contributed by atoms with Crippen LogP contribution in [0.15, 0.2) is 18.2 Å². The second kappa shape index (κ2) is 5.22. The molecule has 0 aliphatic rings. The van der Waals surface area contributed by atoms with Crippen molar-refractivity contribution < 1.29 is 19.0 Å². The van der Waals surface area contributed by atoms with Crippen LogP contribution in [0.5, 0.6) is 5.88 Å². The zero-order chi connectivity index (χ0) is 14.0. The second-order valence-electron chi connectivity index (χ2n) is 4.26. The third-order valence-electron chi connectivity index (χ3n) is 2.76. The number of hydrogen-bond acceptors (Lipinski definition) is 3. The number of aromatic nitrogens is 1. The quantitative estimate of drug-likeness (QED) is 0.920. The Kier molecular flexibility index (Phi) is 3.64. The standard InChI is InChI=1S/C14H14FNO3/c1-3-6-19-13-10(14(17)18)7-9-5-4-8(2)11(15)12(9)16-13/h4-5,7H,3,6H2,1-2H3,(H,17,18). The first-order valence-electron chi connectivity index (χ1n) is 6.00. The normalized spacial score (nSPS) is 10.7. The smallest absolute Gasteiger partial charge is 0.341 e. The highest BCUT2D eigenvalue weighted by molar-refractivity contribution is 5.95. The van der Waals surface area contributed by atoms with E-state index < -0.39 is 11.8 Å². The van der Waals surface area contributed by atoms with E-state index in [9.17, 15) is 9.18 Å². The van der Waals surface area contributed by atoms with Gasteiger partial charge in [0.2, 0.25) is 5.88 Å². The zero-order valence-electron chi connectivity index (χ0n) is 10.7. The maximum absolute atomic E-state index is 14.0. The number of nitrogens with zero attached hydrogens (tertiary/aromatic N) is 1. The van der Waals surface area contributed by atoms with Gasteiger partial charge in [-0.15, -0.1) is 0 Å². The van der Waals surface area contributed by atoms with Crippen LogP contribution in [0.2, 0.25) is 0 Å². The fourth-order valence-electron chi connectivity index (χ4n) is 1.75. The van der Waals surface area contributed by atoms with Crippen LogP contribution < -0.4 is 4.74 Å². The van der Waals surface area contributed by atoms with Gasteiger partial charge in [-0.05, 0) is 25.0 Å². The number of ether oxygens (including phenoxy) is 1. The van der Waals surface area contributed by atoms with Crippen LogP contribution in [-0.4, -0.2) is 22.7 Å². The number of aryl methyl sites for hydroxylation is 1. The molecular formula is C14H14FNO3. The van der Waals surface area contributed by atoms with E-state index >= 15 is 0 Å². The van der Waals surface area contributed by atoms with Gasteiger partial charge in [0, 0.05) is 5.39 Å². The third kappa shape index (κ3) is 2.50. The second-order valence-corrected chi connectivity index (χ2v) is 4.26. The molecule has 0 aliphatic carbocycles. The number of halogens is 1. The monoisotopic (exact) mass is 263 g/mol. The summed E-state index contributed by atoms with van der Waals surface area (Å²) >= 11 is 0. The molecule has 0 radical (unpaired) electrons. The maximum Gasteiger partial charge on any atom is 0.341 e. The predicted octanol–water partition coefficient (Wildman–Crippen LogP) is 3.17. The molecule has 4 nitrogen and oxygen atoms in total. The highest BCUT2D eigenvalue weighted by Crippen LogP contribution is 2.26. The zero-order valence-corrected chi connectivity index (χ0v) is 10.7. The summed E-state index contributed by atoms with van der Waals surface area (Å²) in [5.41, 5.74) is 0.546. The van der Waals surface area contributed by atoms with E-state index in [0.29, 0.717) is 17.6 Å². The van der Waals surface area contributed by atoms with Crippen molar-refractivity contribution >= 4 is 16.9 Å². The van der Waals surface area contributed by atoms with E-state index in [0.717, 1.165) is 6.42 Å². The molecule has 19 heavy (non-hydrogen) atoms. The van der Waals surface area contributed by atoms with Crippen LogP contribution >= 0.6 is 0 Å². The van der Waals surface area contributed by atoms with Crippen molar-refractivity contribution in [2.45, 2.75) is 20.3 Å². The van der Waals surface area contributed by atoms with Crippen molar-refractivity contribution in [2.24, 2.45) is 0 Å². The summed E-state index contributed by atoms with van der Waals surface area (Å²) in [5, 5.41) is 9.58. The fourth-order valence-corrected chi connectivity index (χ4v) is 1.75. The molecule has 0 aliphatic heterocycles. The fraction of sp³-hybridized carbons (Fsp3) is 0.286. The molecule has 0 saturated heterocycles. The van der Waals surface area contributed by atoms with Gasteiger partial charge in [0.25, 0.3) is 0 Å². The average Bonchev–Trinajstić information content (AvgIpc) is 2.40. The molecule has 1 N–H and O–H groups in total. The maximum atomic E-state index is 14.0. The number of hydrogen-bond donors (Lipinski definition) is 1. The van der Waals surface area contributed by atoms with Gasteiger partial charge in [0.1, 0.15) is 11.1 Å². The minimum absolute atomic E-state index is 0.0358. The molecule has 2 aromatic rings. The molecule has 1 aromatic heterocycles. The lowest BCUT2D eigenvalue weighted by molar-refractivity contribution is 0.0691. The van der Waals surface area contributed by atoms with Crippen molar-refractivity contribution in [1.82, 2.24) is 4.98 Å². The van der Waals surface area contributed by atoms with Crippen molar-refractivity contribution in [2.75, 3.05) is 6.61 Å². The molecule has 0 spiro atoms. The Morgan fingerprint density at radius 3 is 2.84 bits per heavy atom. The Morgan fingerprint density at radius 1 is 1.47 bits per heavy atom. The predicted molar refractivity (Wildman–Crippen MR) is 69.2 cm³/mol. The van der Waals surface area contributed by atoms with Gasteiger partial charge in [-0.1, -0.05) is 19.1 Å². The van der Waals surface area contributed by atoms with Crippen molar-refractivity contribution in [3.8, 4) is 5.88 Å². The molecular weight excluding hydrogens is 249 g/mol. The molecule has 1 aromatic carbocycles. The van der Waals surface area contributed by atoms with Crippen LogP contribution in [0.1, 0.15) is 29.3 Å². The number of carbonyl (C=O) groups is 1. The van der Waals surface area contributed by atoms with Crippen LogP contribution in [-0.2, 0) is 0 Å². The summed E-state index contributed by atoms with van der Waals surface area (Å²) in [4.78, 5) is 15.2. The first-order chi connectivity index (χ1) is 9.04. The summed E-state index contributed by atoms with van der Waals surface area (Å²) in [7, 11) is 0. The molecule has 5 heteroatoms. The number of rotatable bonds is 4. The number of benzene rings is 1. The summed E-state index contributed by atoms with van der Waals surface area (Å²) in [5.74, 6) is -1.62. The van der Waals surface area contributed by atoms with E-state index in [2.05, 4.69) is 4.98 Å². The van der Waals surface area contributed by atoms with Gasteiger partial charge in [-0.2, -0.15) is 0 Å². The molecule has 0 bridgehead atoms. The van der Waals surface area contributed by atoms with E-state index in [1.807, 2.05) is 6.92 Å². The van der Waals surface area contributed by atoms with E-state index in [1.165, 1.54) is 6.07 Å². The topological polar surface area (TPSA) is 59.4 Å². The Hall–Kier alpha value is -2.17. The highest BCUT2D eigenvalue weighted by Gasteiger charge is 2.17. The summed E-state index contributed by atoms with van der Waals surface area (Å²) in [6, 6.07) is 4.63. The number of fused-ring (bicyclic) bond motifs is 1. The lowest BCUT2D eigenvalue weighted by Crippen LogP contribution is -2.07. The average molecular weight is 263 g/mol. The Bertz CT molecular complexity index is 640. The lowest BCUT2D eigenvalue weighted by Gasteiger charge is -2.09. The van der Waals surface area contributed by atoms with Crippen molar-refractivity contribution in [3.63, 3.8) is 0 Å². The van der Waals surface area contributed by atoms with E-state index in [-0.39, 0.29) is 17.0 Å². The molecule has 100 valence electrons. The van der Waals surface area contributed by atoms with Crippen molar-refractivity contribution in [3.05, 3.63) is 35.1 Å². The molecule has 0 unspecified atom stereocenters. The van der Waals surface area contributed by atoms with Gasteiger partial charge in [-0.3, -0.25) is 0 Å². The molecule has 0 saturated carbocycles. The van der Waals surface area contributed by atoms with Gasteiger partial charge in [-0.25, -0.2) is 14.2 Å². The van der Waals surface area contributed by atoms with Crippen LogP contribution in [0.25, 0.3) is 10.9 Å². The highest BCUT2D eigenvalue weighted by atomic mass is 19.1. The number of carboxylic acid groups (broad SMARTS) is 1. The summed E-state index contributed by atoms with van der Waals surface area (Å²) in [6.07, 6.45) is 0.717. The molecule has 0 fully saturated rings. The van der Waals surface area contributed by atoms with Gasteiger partial charge in [0.05, 0.1) is 6.61 Å². The Labute approximate surface area is 109 Å². The number of carboxylic acids is 1. The van der Waals surface area contributed by atoms with Gasteiger partial charge in [0.15, 0.2) is 5.82 Å². The van der Waals surface area contributed by atoms with E-state index in [1.54, 1.807) is 19.1 Å². The number of pyridine rings is 1. The molecule has 1 heterocycles. The van der Waals surface area contributed by atoms with Gasteiger partial charge < -0.3 is 9.84 Å². The SMILES string of the molecule is CCCOc1nc2c(F)c(C)ccc2cc1C(=O)O. The van der Waals surface area contributed by atoms with Gasteiger partial charge >= 0.3 is 5.97 Å². The number of aromatic carboxylic acids is 1. The summed E-state index contributed by atoms with van der Waals surface area (Å²) in [6.45, 7) is 3.87.